The second-order valence-electron chi connectivity index (χ2n) is 7.60. The molecule has 1 aromatic carbocycles. The van der Waals surface area contributed by atoms with E-state index in [9.17, 15) is 4.79 Å². The number of piperidine rings is 1. The average Bonchev–Trinajstić information content (AvgIpc) is 3.56. The van der Waals surface area contributed by atoms with E-state index in [1.807, 2.05) is 47.5 Å². The SMILES string of the molecule is O=C(c1cc(COc2ccc(-n3cncn3)cc2)on1)N1CCCC[C@H]1c1cccnc1. The smallest absolute Gasteiger partial charge is 0.276 e. The van der Waals surface area contributed by atoms with E-state index in [0.717, 1.165) is 30.5 Å². The monoisotopic (exact) mass is 430 g/mol. The van der Waals surface area contributed by atoms with Gasteiger partial charge in [0.05, 0.1) is 11.7 Å². The summed E-state index contributed by atoms with van der Waals surface area (Å²) in [7, 11) is 0. The Labute approximate surface area is 184 Å². The number of likely N-dealkylation sites (tertiary alicyclic amines) is 1. The van der Waals surface area contributed by atoms with Crippen LogP contribution in [0.25, 0.3) is 5.69 Å². The highest BCUT2D eigenvalue weighted by atomic mass is 16.5. The number of amides is 1. The fourth-order valence-corrected chi connectivity index (χ4v) is 3.91. The number of carbonyl (C=O) groups excluding carboxylic acids is 1. The van der Waals surface area contributed by atoms with Crippen LogP contribution < -0.4 is 4.74 Å². The third-order valence-corrected chi connectivity index (χ3v) is 5.51. The molecule has 1 atom stereocenters. The molecule has 1 aliphatic heterocycles. The summed E-state index contributed by atoms with van der Waals surface area (Å²) < 4.78 is 12.8. The Bertz CT molecular complexity index is 1160. The summed E-state index contributed by atoms with van der Waals surface area (Å²) in [5.74, 6) is 1.03. The molecular formula is C23H22N6O3. The van der Waals surface area contributed by atoms with Crippen molar-refractivity contribution in [2.75, 3.05) is 6.54 Å². The zero-order valence-corrected chi connectivity index (χ0v) is 17.4. The maximum absolute atomic E-state index is 13.1. The number of pyridine rings is 1. The van der Waals surface area contributed by atoms with E-state index in [1.54, 1.807) is 23.3 Å². The van der Waals surface area contributed by atoms with Crippen molar-refractivity contribution in [3.63, 3.8) is 0 Å². The van der Waals surface area contributed by atoms with Crippen LogP contribution in [0.5, 0.6) is 5.75 Å². The van der Waals surface area contributed by atoms with Gasteiger partial charge in [0, 0.05) is 25.0 Å². The van der Waals surface area contributed by atoms with Gasteiger partial charge in [0.1, 0.15) is 25.0 Å². The number of rotatable bonds is 6. The van der Waals surface area contributed by atoms with Gasteiger partial charge >= 0.3 is 0 Å². The van der Waals surface area contributed by atoms with Crippen LogP contribution in [0, 0.1) is 0 Å². The molecule has 1 saturated heterocycles. The minimum Gasteiger partial charge on any atom is -0.486 e. The predicted molar refractivity (Wildman–Crippen MR) is 114 cm³/mol. The van der Waals surface area contributed by atoms with Crippen molar-refractivity contribution in [2.45, 2.75) is 31.9 Å². The van der Waals surface area contributed by atoms with E-state index < -0.39 is 0 Å². The summed E-state index contributed by atoms with van der Waals surface area (Å²) in [4.78, 5) is 23.2. The third-order valence-electron chi connectivity index (χ3n) is 5.51. The molecule has 0 aliphatic carbocycles. The van der Waals surface area contributed by atoms with Crippen LogP contribution in [0.15, 0.2) is 72.0 Å². The Kier molecular flexibility index (Phi) is 5.61. The first kappa shape index (κ1) is 19.9. The average molecular weight is 430 g/mol. The highest BCUT2D eigenvalue weighted by Crippen LogP contribution is 2.31. The molecule has 5 rings (SSSR count). The first-order chi connectivity index (χ1) is 15.8. The molecule has 4 heterocycles. The highest BCUT2D eigenvalue weighted by Gasteiger charge is 2.30. The molecule has 4 aromatic rings. The molecule has 0 bridgehead atoms. The third kappa shape index (κ3) is 4.22. The summed E-state index contributed by atoms with van der Waals surface area (Å²) in [5.41, 5.74) is 2.22. The quantitative estimate of drug-likeness (QED) is 0.461. The Balaban J connectivity index is 1.23. The lowest BCUT2D eigenvalue weighted by atomic mass is 9.96. The number of ether oxygens (including phenoxy) is 1. The van der Waals surface area contributed by atoms with Gasteiger partial charge in [0.25, 0.3) is 5.91 Å². The number of hydrogen-bond donors (Lipinski definition) is 0. The van der Waals surface area contributed by atoms with Gasteiger partial charge in [-0.15, -0.1) is 0 Å². The van der Waals surface area contributed by atoms with E-state index in [2.05, 4.69) is 20.2 Å². The fourth-order valence-electron chi connectivity index (χ4n) is 3.91. The topological polar surface area (TPSA) is 99.2 Å². The maximum atomic E-state index is 13.1. The molecule has 0 spiro atoms. The molecule has 0 saturated carbocycles. The lowest BCUT2D eigenvalue weighted by Crippen LogP contribution is -2.38. The number of aromatic nitrogens is 5. The molecule has 9 heteroatoms. The zero-order valence-electron chi connectivity index (χ0n) is 17.4. The molecule has 1 fully saturated rings. The van der Waals surface area contributed by atoms with Gasteiger partial charge in [0.2, 0.25) is 0 Å². The van der Waals surface area contributed by atoms with Gasteiger partial charge in [-0.3, -0.25) is 9.78 Å². The molecule has 1 amide bonds. The van der Waals surface area contributed by atoms with Gasteiger partial charge in [-0.25, -0.2) is 9.67 Å². The van der Waals surface area contributed by atoms with Crippen molar-refractivity contribution >= 4 is 5.91 Å². The van der Waals surface area contributed by atoms with Crippen molar-refractivity contribution in [3.8, 4) is 11.4 Å². The molecular weight excluding hydrogens is 408 g/mol. The summed E-state index contributed by atoms with van der Waals surface area (Å²) in [5, 5.41) is 8.09. The molecule has 32 heavy (non-hydrogen) atoms. The highest BCUT2D eigenvalue weighted by molar-refractivity contribution is 5.92. The van der Waals surface area contributed by atoms with E-state index in [1.165, 1.54) is 6.33 Å². The second kappa shape index (κ2) is 9.01. The van der Waals surface area contributed by atoms with Crippen LogP contribution in [0.3, 0.4) is 0 Å². The van der Waals surface area contributed by atoms with Gasteiger partial charge in [-0.1, -0.05) is 11.2 Å². The Hall–Kier alpha value is -4.01. The molecule has 0 unspecified atom stereocenters. The summed E-state index contributed by atoms with van der Waals surface area (Å²) in [6, 6.07) is 13.0. The standard InChI is InChI=1S/C23H22N6O3/c30-23(28-11-2-1-5-22(28)17-4-3-10-24-13-17)21-12-20(32-27-21)14-31-19-8-6-18(7-9-19)29-16-25-15-26-29/h3-4,6-10,12-13,15-16,22H,1-2,5,11,14H2/t22-/m0/s1. The van der Waals surface area contributed by atoms with Crippen molar-refractivity contribution in [1.29, 1.82) is 0 Å². The van der Waals surface area contributed by atoms with Crippen LogP contribution >= 0.6 is 0 Å². The molecule has 0 radical (unpaired) electrons. The Morgan fingerprint density at radius 2 is 2.06 bits per heavy atom. The van der Waals surface area contributed by atoms with Crippen LogP contribution in [-0.2, 0) is 6.61 Å². The molecule has 9 nitrogen and oxygen atoms in total. The summed E-state index contributed by atoms with van der Waals surface area (Å²) in [6.07, 6.45) is 9.64. The predicted octanol–water partition coefficient (Wildman–Crippen LogP) is 3.60. The van der Waals surface area contributed by atoms with Gasteiger partial charge < -0.3 is 14.2 Å². The van der Waals surface area contributed by atoms with E-state index >= 15 is 0 Å². The molecule has 1 aliphatic rings. The fraction of sp³-hybridized carbons (Fsp3) is 0.261. The number of carbonyl (C=O) groups is 1. The van der Waals surface area contributed by atoms with Crippen LogP contribution in [0.4, 0.5) is 0 Å². The van der Waals surface area contributed by atoms with Gasteiger partial charge in [-0.2, -0.15) is 5.10 Å². The lowest BCUT2D eigenvalue weighted by molar-refractivity contribution is 0.0600. The van der Waals surface area contributed by atoms with Crippen LogP contribution in [0.2, 0.25) is 0 Å². The van der Waals surface area contributed by atoms with E-state index in [-0.39, 0.29) is 18.6 Å². The first-order valence-electron chi connectivity index (χ1n) is 10.5. The van der Waals surface area contributed by atoms with Crippen LogP contribution in [-0.4, -0.2) is 42.3 Å². The molecule has 162 valence electrons. The van der Waals surface area contributed by atoms with Gasteiger partial charge in [-0.05, 0) is 55.2 Å². The van der Waals surface area contributed by atoms with Crippen molar-refractivity contribution in [3.05, 3.63) is 84.5 Å². The second-order valence-corrected chi connectivity index (χ2v) is 7.60. The zero-order chi connectivity index (χ0) is 21.8. The van der Waals surface area contributed by atoms with Crippen molar-refractivity contribution in [2.24, 2.45) is 0 Å². The number of hydrogen-bond acceptors (Lipinski definition) is 7. The van der Waals surface area contributed by atoms with Gasteiger partial charge in [0.15, 0.2) is 11.5 Å². The molecule has 0 N–H and O–H groups in total. The summed E-state index contributed by atoms with van der Waals surface area (Å²) in [6.45, 7) is 0.865. The normalized spacial score (nSPS) is 16.1. The largest absolute Gasteiger partial charge is 0.486 e. The Morgan fingerprint density at radius 1 is 1.16 bits per heavy atom. The maximum Gasteiger partial charge on any atom is 0.276 e. The lowest BCUT2D eigenvalue weighted by Gasteiger charge is -2.35. The molecule has 3 aromatic heterocycles. The summed E-state index contributed by atoms with van der Waals surface area (Å²) >= 11 is 0. The number of benzene rings is 1. The van der Waals surface area contributed by atoms with Crippen LogP contribution in [0.1, 0.15) is 47.1 Å². The van der Waals surface area contributed by atoms with E-state index in [4.69, 9.17) is 9.26 Å². The van der Waals surface area contributed by atoms with Crippen molar-refractivity contribution < 1.29 is 14.1 Å². The van der Waals surface area contributed by atoms with Crippen molar-refractivity contribution in [1.82, 2.24) is 29.8 Å². The first-order valence-corrected chi connectivity index (χ1v) is 10.5. The minimum atomic E-state index is -0.134. The Morgan fingerprint density at radius 3 is 2.84 bits per heavy atom. The minimum absolute atomic E-state index is 0.00449. The number of nitrogens with zero attached hydrogens (tertiary/aromatic N) is 6. The van der Waals surface area contributed by atoms with E-state index in [0.29, 0.717) is 23.7 Å².